The molecule has 1 unspecified atom stereocenters. The van der Waals surface area contributed by atoms with E-state index in [4.69, 9.17) is 9.94 Å². The van der Waals surface area contributed by atoms with Gasteiger partial charge in [0.05, 0.1) is 6.42 Å². The van der Waals surface area contributed by atoms with Gasteiger partial charge < -0.3 is 14.7 Å². The lowest BCUT2D eigenvalue weighted by Gasteiger charge is -2.48. The predicted octanol–water partition coefficient (Wildman–Crippen LogP) is 4.27. The van der Waals surface area contributed by atoms with E-state index in [1.807, 2.05) is 17.6 Å². The molecule has 2 aromatic carbocycles. The van der Waals surface area contributed by atoms with Crippen molar-refractivity contribution < 1.29 is 19.8 Å². The Balaban J connectivity index is 1.64. The number of hydrogen-bond donors (Lipinski definition) is 3. The minimum absolute atomic E-state index is 0.0860. The van der Waals surface area contributed by atoms with E-state index in [2.05, 4.69) is 30.0 Å². The van der Waals surface area contributed by atoms with E-state index in [9.17, 15) is 9.90 Å². The molecule has 0 saturated heterocycles. The SMILES string of the molecule is CC1C=C(COc2ccc(O)cc2)c2ccccc2N1C1(CC(=O)NO)CCCC1. The van der Waals surface area contributed by atoms with Crippen LogP contribution in [-0.2, 0) is 4.79 Å². The molecule has 4 rings (SSSR count). The van der Waals surface area contributed by atoms with Crippen LogP contribution in [0.3, 0.4) is 0 Å². The first-order valence-corrected chi connectivity index (χ1v) is 10.5. The number of carbonyl (C=O) groups is 1. The highest BCUT2D eigenvalue weighted by Gasteiger charge is 2.45. The van der Waals surface area contributed by atoms with Crippen molar-refractivity contribution >= 4 is 17.2 Å². The van der Waals surface area contributed by atoms with Gasteiger partial charge in [-0.1, -0.05) is 37.1 Å². The maximum atomic E-state index is 12.1. The molecule has 30 heavy (non-hydrogen) atoms. The number of phenols is 1. The number of fused-ring (bicyclic) bond motifs is 1. The fourth-order valence-electron chi connectivity index (χ4n) is 5.02. The molecule has 1 aliphatic heterocycles. The molecule has 6 heteroatoms. The Morgan fingerprint density at radius 1 is 1.17 bits per heavy atom. The number of hydrogen-bond acceptors (Lipinski definition) is 5. The first-order chi connectivity index (χ1) is 14.5. The summed E-state index contributed by atoms with van der Waals surface area (Å²) in [6.45, 7) is 2.57. The lowest BCUT2D eigenvalue weighted by Crippen LogP contribution is -2.54. The second kappa shape index (κ2) is 8.40. The van der Waals surface area contributed by atoms with Crippen LogP contribution in [0.15, 0.2) is 54.6 Å². The Kier molecular flexibility index (Phi) is 5.68. The minimum Gasteiger partial charge on any atom is -0.508 e. The second-order valence-corrected chi connectivity index (χ2v) is 8.25. The molecule has 3 N–H and O–H groups in total. The zero-order chi connectivity index (χ0) is 21.1. The van der Waals surface area contributed by atoms with Crippen LogP contribution in [-0.4, -0.2) is 34.4 Å². The van der Waals surface area contributed by atoms with E-state index in [1.54, 1.807) is 24.3 Å². The van der Waals surface area contributed by atoms with Crippen molar-refractivity contribution in [2.24, 2.45) is 0 Å². The van der Waals surface area contributed by atoms with Gasteiger partial charge in [-0.05, 0) is 55.7 Å². The molecular formula is C24H28N2O4. The van der Waals surface area contributed by atoms with E-state index in [0.29, 0.717) is 12.4 Å². The van der Waals surface area contributed by atoms with E-state index >= 15 is 0 Å². The molecule has 158 valence electrons. The Bertz CT molecular complexity index is 932. The van der Waals surface area contributed by atoms with E-state index < -0.39 is 0 Å². The van der Waals surface area contributed by atoms with Crippen LogP contribution in [0.2, 0.25) is 0 Å². The van der Waals surface area contributed by atoms with Gasteiger partial charge in [-0.2, -0.15) is 0 Å². The number of nitrogens with one attached hydrogen (secondary N) is 1. The molecule has 1 atom stereocenters. The Morgan fingerprint density at radius 3 is 2.57 bits per heavy atom. The maximum absolute atomic E-state index is 12.1. The van der Waals surface area contributed by atoms with Crippen LogP contribution in [0.4, 0.5) is 5.69 Å². The van der Waals surface area contributed by atoms with Crippen LogP contribution in [0.1, 0.15) is 44.6 Å². The van der Waals surface area contributed by atoms with Gasteiger partial charge in [-0.3, -0.25) is 10.0 Å². The molecule has 1 heterocycles. The van der Waals surface area contributed by atoms with Crippen LogP contribution in [0, 0.1) is 0 Å². The quantitative estimate of drug-likeness (QED) is 0.491. The summed E-state index contributed by atoms with van der Waals surface area (Å²) >= 11 is 0. The molecule has 0 radical (unpaired) electrons. The first-order valence-electron chi connectivity index (χ1n) is 10.5. The van der Waals surface area contributed by atoms with Crippen molar-refractivity contribution in [2.75, 3.05) is 11.5 Å². The lowest BCUT2D eigenvalue weighted by molar-refractivity contribution is -0.130. The van der Waals surface area contributed by atoms with Crippen molar-refractivity contribution in [2.45, 2.75) is 50.6 Å². The molecule has 2 aromatic rings. The number of nitrogens with zero attached hydrogens (tertiary/aromatic N) is 1. The number of amides is 1. The van der Waals surface area contributed by atoms with E-state index in [1.165, 1.54) is 0 Å². The molecule has 1 saturated carbocycles. The van der Waals surface area contributed by atoms with Crippen molar-refractivity contribution in [3.8, 4) is 11.5 Å². The average molecular weight is 408 g/mol. The number of rotatable bonds is 6. The number of aromatic hydroxyl groups is 1. The van der Waals surface area contributed by atoms with Gasteiger partial charge in [-0.25, -0.2) is 5.48 Å². The molecule has 0 aromatic heterocycles. The zero-order valence-electron chi connectivity index (χ0n) is 17.2. The molecule has 1 aliphatic carbocycles. The Labute approximate surface area is 176 Å². The van der Waals surface area contributed by atoms with Gasteiger partial charge in [0.25, 0.3) is 0 Å². The van der Waals surface area contributed by atoms with Crippen molar-refractivity contribution in [1.82, 2.24) is 5.48 Å². The highest BCUT2D eigenvalue weighted by atomic mass is 16.5. The number of anilines is 1. The zero-order valence-corrected chi connectivity index (χ0v) is 17.2. The molecule has 1 fully saturated rings. The largest absolute Gasteiger partial charge is 0.508 e. The third-order valence-corrected chi connectivity index (χ3v) is 6.25. The monoisotopic (exact) mass is 408 g/mol. The molecule has 2 aliphatic rings. The van der Waals surface area contributed by atoms with E-state index in [-0.39, 0.29) is 29.7 Å². The number of para-hydroxylation sites is 1. The average Bonchev–Trinajstić information content (AvgIpc) is 3.21. The van der Waals surface area contributed by atoms with Gasteiger partial charge in [0.1, 0.15) is 18.1 Å². The molecule has 0 spiro atoms. The summed E-state index contributed by atoms with van der Waals surface area (Å²) in [7, 11) is 0. The van der Waals surface area contributed by atoms with Gasteiger partial charge in [0.2, 0.25) is 5.91 Å². The summed E-state index contributed by atoms with van der Waals surface area (Å²) in [5, 5.41) is 18.6. The maximum Gasteiger partial charge on any atom is 0.245 e. The summed E-state index contributed by atoms with van der Waals surface area (Å²) < 4.78 is 5.98. The number of phenolic OH excluding ortho intramolecular Hbond substituents is 1. The second-order valence-electron chi connectivity index (χ2n) is 8.25. The number of carbonyl (C=O) groups excluding carboxylic acids is 1. The number of benzene rings is 2. The third kappa shape index (κ3) is 3.87. The highest BCUT2D eigenvalue weighted by molar-refractivity contribution is 5.84. The molecule has 1 amide bonds. The molecule has 6 nitrogen and oxygen atoms in total. The van der Waals surface area contributed by atoms with Crippen molar-refractivity contribution in [3.63, 3.8) is 0 Å². The fourth-order valence-corrected chi connectivity index (χ4v) is 5.02. The molecule has 0 bridgehead atoms. The summed E-state index contributed by atoms with van der Waals surface area (Å²) in [6.07, 6.45) is 6.48. The van der Waals surface area contributed by atoms with Crippen molar-refractivity contribution in [3.05, 3.63) is 60.2 Å². The molecular weight excluding hydrogens is 380 g/mol. The Morgan fingerprint density at radius 2 is 1.87 bits per heavy atom. The minimum atomic E-state index is -0.341. The van der Waals surface area contributed by atoms with Gasteiger partial charge in [0, 0.05) is 22.8 Å². The van der Waals surface area contributed by atoms with Crippen LogP contribution < -0.4 is 15.1 Å². The highest BCUT2D eigenvalue weighted by Crippen LogP contribution is 2.46. The van der Waals surface area contributed by atoms with Crippen LogP contribution >= 0.6 is 0 Å². The van der Waals surface area contributed by atoms with Gasteiger partial charge in [0.15, 0.2) is 0 Å². The summed E-state index contributed by atoms with van der Waals surface area (Å²) in [5.41, 5.74) is 4.83. The van der Waals surface area contributed by atoms with Gasteiger partial charge >= 0.3 is 0 Å². The van der Waals surface area contributed by atoms with Gasteiger partial charge in [-0.15, -0.1) is 0 Å². The smallest absolute Gasteiger partial charge is 0.245 e. The van der Waals surface area contributed by atoms with Crippen LogP contribution in [0.25, 0.3) is 5.57 Å². The third-order valence-electron chi connectivity index (χ3n) is 6.25. The van der Waals surface area contributed by atoms with Crippen molar-refractivity contribution in [1.29, 1.82) is 0 Å². The normalized spacial score (nSPS) is 19.7. The fraction of sp³-hybridized carbons (Fsp3) is 0.375. The lowest BCUT2D eigenvalue weighted by atomic mass is 9.84. The summed E-state index contributed by atoms with van der Waals surface area (Å²) in [6, 6.07) is 15.1. The summed E-state index contributed by atoms with van der Waals surface area (Å²) in [4.78, 5) is 14.5. The summed E-state index contributed by atoms with van der Waals surface area (Å²) in [5.74, 6) is 0.572. The predicted molar refractivity (Wildman–Crippen MR) is 116 cm³/mol. The Hall–Kier alpha value is -2.99. The number of ether oxygens (including phenoxy) is 1. The topological polar surface area (TPSA) is 82.0 Å². The standard InChI is InChI=1S/C24H28N2O4/c1-17-14-18(16-30-20-10-8-19(27)9-11-20)21-6-2-3-7-22(21)26(17)24(12-4-5-13-24)15-23(28)25-29/h2-3,6-11,14,17,27,29H,4-5,12-13,15-16H2,1H3,(H,25,28). The first kappa shape index (κ1) is 20.3. The van der Waals surface area contributed by atoms with Crippen LogP contribution in [0.5, 0.6) is 11.5 Å². The number of hydroxylamine groups is 1. The van der Waals surface area contributed by atoms with E-state index in [0.717, 1.165) is 42.5 Å².